The number of fused-ring (bicyclic) bond motifs is 5. The van der Waals surface area contributed by atoms with E-state index in [1.807, 2.05) is 0 Å². The molecular formula is C22H34OS. The van der Waals surface area contributed by atoms with Crippen molar-refractivity contribution in [2.45, 2.75) is 83.0 Å². The van der Waals surface area contributed by atoms with E-state index in [4.69, 9.17) is 0 Å². The van der Waals surface area contributed by atoms with Crippen LogP contribution in [0.5, 0.6) is 0 Å². The van der Waals surface area contributed by atoms with Gasteiger partial charge in [-0.1, -0.05) is 25.5 Å². The molecule has 2 heteroatoms. The Labute approximate surface area is 152 Å². The van der Waals surface area contributed by atoms with Gasteiger partial charge in [-0.3, -0.25) is 0 Å². The Morgan fingerprint density at radius 3 is 2.58 bits per heavy atom. The molecule has 1 saturated heterocycles. The van der Waals surface area contributed by atoms with Crippen molar-refractivity contribution >= 4 is 11.8 Å². The van der Waals surface area contributed by atoms with Gasteiger partial charge in [-0.25, -0.2) is 0 Å². The molecule has 4 fully saturated rings. The lowest BCUT2D eigenvalue weighted by Gasteiger charge is -2.58. The summed E-state index contributed by atoms with van der Waals surface area (Å²) in [5.74, 6) is 5.15. The van der Waals surface area contributed by atoms with E-state index in [1.165, 1.54) is 44.3 Å². The van der Waals surface area contributed by atoms with Crippen molar-refractivity contribution in [2.24, 2.45) is 34.5 Å². The fraction of sp³-hybridized carbons (Fsp3) is 0.909. The molecule has 8 atom stereocenters. The minimum Gasteiger partial charge on any atom is -0.393 e. The number of hydrogen-bond acceptors (Lipinski definition) is 2. The lowest BCUT2D eigenvalue weighted by molar-refractivity contribution is -0.0518. The van der Waals surface area contributed by atoms with Crippen LogP contribution < -0.4 is 0 Å². The minimum atomic E-state index is -0.0718. The highest BCUT2D eigenvalue weighted by Gasteiger charge is 2.63. The van der Waals surface area contributed by atoms with Gasteiger partial charge in [0.05, 0.1) is 6.10 Å². The second-order valence-electron chi connectivity index (χ2n) is 10.4. The molecule has 0 aromatic rings. The molecule has 1 heterocycles. The van der Waals surface area contributed by atoms with Gasteiger partial charge in [-0.05, 0) is 92.8 Å². The van der Waals surface area contributed by atoms with Gasteiger partial charge in [-0.15, -0.1) is 0 Å². The monoisotopic (exact) mass is 346 g/mol. The van der Waals surface area contributed by atoms with E-state index in [1.54, 1.807) is 5.57 Å². The fourth-order valence-electron chi connectivity index (χ4n) is 7.96. The molecule has 24 heavy (non-hydrogen) atoms. The number of rotatable bonds is 1. The molecule has 0 unspecified atom stereocenters. The maximum absolute atomic E-state index is 10.1. The minimum absolute atomic E-state index is 0.0718. The van der Waals surface area contributed by atoms with Gasteiger partial charge < -0.3 is 5.11 Å². The average Bonchev–Trinajstić information content (AvgIpc) is 3.17. The smallest absolute Gasteiger partial charge is 0.0577 e. The first kappa shape index (κ1) is 16.2. The van der Waals surface area contributed by atoms with Crippen LogP contribution in [-0.4, -0.2) is 21.7 Å². The largest absolute Gasteiger partial charge is 0.393 e. The maximum Gasteiger partial charge on any atom is 0.0577 e. The van der Waals surface area contributed by atoms with Gasteiger partial charge in [0.1, 0.15) is 0 Å². The zero-order chi connectivity index (χ0) is 16.7. The van der Waals surface area contributed by atoms with E-state index in [0.29, 0.717) is 15.6 Å². The molecule has 5 rings (SSSR count). The van der Waals surface area contributed by atoms with Crippen LogP contribution in [0.25, 0.3) is 0 Å². The Hall–Kier alpha value is 0.0500. The zero-order valence-electron chi connectivity index (χ0n) is 15.7. The summed E-state index contributed by atoms with van der Waals surface area (Å²) in [6, 6.07) is 0. The first-order chi connectivity index (χ1) is 11.4. The molecule has 0 aromatic carbocycles. The molecule has 1 N–H and O–H groups in total. The fourth-order valence-corrected chi connectivity index (χ4v) is 8.98. The maximum atomic E-state index is 10.1. The third-order valence-corrected chi connectivity index (χ3v) is 10.9. The molecule has 0 spiro atoms. The first-order valence-corrected chi connectivity index (χ1v) is 11.4. The van der Waals surface area contributed by atoms with E-state index >= 15 is 0 Å². The molecular weight excluding hydrogens is 312 g/mol. The Morgan fingerprint density at radius 2 is 1.83 bits per heavy atom. The third kappa shape index (κ3) is 2.05. The van der Waals surface area contributed by atoms with Gasteiger partial charge in [0.15, 0.2) is 0 Å². The Balaban J connectivity index is 1.47. The van der Waals surface area contributed by atoms with Crippen molar-refractivity contribution in [3.05, 3.63) is 11.6 Å². The van der Waals surface area contributed by atoms with Crippen molar-refractivity contribution in [3.63, 3.8) is 0 Å². The normalized spacial score (nSPS) is 59.2. The van der Waals surface area contributed by atoms with Crippen LogP contribution in [0.15, 0.2) is 11.6 Å². The number of aliphatic hydroxyl groups is 1. The third-order valence-electron chi connectivity index (χ3n) is 9.41. The zero-order valence-corrected chi connectivity index (χ0v) is 16.5. The highest BCUT2D eigenvalue weighted by Crippen LogP contribution is 2.71. The van der Waals surface area contributed by atoms with Crippen molar-refractivity contribution < 1.29 is 5.11 Å². The molecule has 0 radical (unpaired) electrons. The molecule has 5 aliphatic rings. The number of allylic oxidation sites excluding steroid dienone is 1. The summed E-state index contributed by atoms with van der Waals surface area (Å²) in [5.41, 5.74) is 2.63. The predicted octanol–water partition coefficient (Wildman–Crippen LogP) is 5.43. The topological polar surface area (TPSA) is 20.2 Å². The number of thioether (sulfide) groups is 1. The second kappa shape index (κ2) is 5.06. The molecule has 3 saturated carbocycles. The SMILES string of the molecule is C[C@]12CC[C@H]3[C@H](CC=C4C[C@@H](O)CC[C@@]43C)[C@@H]1CC[C@@H]2[C@]1(C)CS1. The summed E-state index contributed by atoms with van der Waals surface area (Å²) in [6.45, 7) is 7.77. The molecule has 0 aromatic heterocycles. The van der Waals surface area contributed by atoms with Crippen molar-refractivity contribution in [3.8, 4) is 0 Å². The molecule has 134 valence electrons. The lowest BCUT2D eigenvalue weighted by atomic mass is 9.47. The summed E-state index contributed by atoms with van der Waals surface area (Å²) >= 11 is 2.23. The van der Waals surface area contributed by atoms with Gasteiger partial charge in [0, 0.05) is 10.5 Å². The molecule has 0 amide bonds. The Bertz CT molecular complexity index is 579. The van der Waals surface area contributed by atoms with E-state index < -0.39 is 0 Å². The van der Waals surface area contributed by atoms with Crippen LogP contribution in [0.1, 0.15) is 72.1 Å². The molecule has 0 bridgehead atoms. The molecule has 4 aliphatic carbocycles. The number of hydrogen-bond donors (Lipinski definition) is 1. The quantitative estimate of drug-likeness (QED) is 0.504. The Kier molecular flexibility index (Phi) is 3.43. The first-order valence-electron chi connectivity index (χ1n) is 10.4. The van der Waals surface area contributed by atoms with Crippen LogP contribution in [0.2, 0.25) is 0 Å². The summed E-state index contributed by atoms with van der Waals surface area (Å²) in [5, 5.41) is 10.1. The van der Waals surface area contributed by atoms with E-state index in [0.717, 1.165) is 36.5 Å². The summed E-state index contributed by atoms with van der Waals surface area (Å²) in [7, 11) is 0. The van der Waals surface area contributed by atoms with E-state index in [2.05, 4.69) is 38.6 Å². The van der Waals surface area contributed by atoms with Crippen LogP contribution in [0, 0.1) is 34.5 Å². The van der Waals surface area contributed by atoms with E-state index in [9.17, 15) is 5.11 Å². The number of aliphatic hydroxyl groups excluding tert-OH is 1. The molecule has 1 aliphatic heterocycles. The van der Waals surface area contributed by atoms with Crippen LogP contribution in [-0.2, 0) is 0 Å². The highest BCUT2D eigenvalue weighted by atomic mass is 32.2. The second-order valence-corrected chi connectivity index (χ2v) is 11.9. The van der Waals surface area contributed by atoms with Crippen molar-refractivity contribution in [1.29, 1.82) is 0 Å². The predicted molar refractivity (Wildman–Crippen MR) is 102 cm³/mol. The van der Waals surface area contributed by atoms with Gasteiger partial charge in [-0.2, -0.15) is 11.8 Å². The van der Waals surface area contributed by atoms with Crippen molar-refractivity contribution in [1.82, 2.24) is 0 Å². The summed E-state index contributed by atoms with van der Waals surface area (Å²) in [4.78, 5) is 0. The van der Waals surface area contributed by atoms with Gasteiger partial charge in [0.25, 0.3) is 0 Å². The van der Waals surface area contributed by atoms with Crippen LogP contribution in [0.3, 0.4) is 0 Å². The van der Waals surface area contributed by atoms with Gasteiger partial charge >= 0.3 is 0 Å². The van der Waals surface area contributed by atoms with Crippen LogP contribution in [0.4, 0.5) is 0 Å². The summed E-state index contributed by atoms with van der Waals surface area (Å²) < 4.78 is 0.616. The molecule has 1 nitrogen and oxygen atoms in total. The van der Waals surface area contributed by atoms with Crippen LogP contribution >= 0.6 is 11.8 Å². The highest BCUT2D eigenvalue weighted by molar-refractivity contribution is 8.07. The van der Waals surface area contributed by atoms with E-state index in [-0.39, 0.29) is 6.10 Å². The lowest BCUT2D eigenvalue weighted by Crippen LogP contribution is -2.51. The summed E-state index contributed by atoms with van der Waals surface area (Å²) in [6.07, 6.45) is 12.9. The van der Waals surface area contributed by atoms with Crippen molar-refractivity contribution in [2.75, 3.05) is 5.75 Å². The average molecular weight is 347 g/mol. The van der Waals surface area contributed by atoms with Gasteiger partial charge in [0.2, 0.25) is 0 Å². The Morgan fingerprint density at radius 1 is 1.04 bits per heavy atom. The standard InChI is InChI=1S/C22H34OS/c1-20-10-8-15(23)12-14(20)4-5-16-17-6-7-19(22(3)13-24-22)21(17,2)11-9-18(16)20/h4,15-19,23H,5-13H2,1-3H3/t15-,16+,17-,18-,19-,20-,21-,22-/m0/s1.